The fraction of sp³-hybridized carbons (Fsp3) is 0.333. The van der Waals surface area contributed by atoms with Crippen molar-refractivity contribution in [3.05, 3.63) is 53.5 Å². The second kappa shape index (κ2) is 4.98. The zero-order valence-electron chi connectivity index (χ0n) is 13.7. The molecule has 1 aromatic carbocycles. The number of aromatic nitrogens is 3. The maximum absolute atomic E-state index is 12.8. The third-order valence-corrected chi connectivity index (χ3v) is 4.67. The summed E-state index contributed by atoms with van der Waals surface area (Å²) < 4.78 is 4.06. The van der Waals surface area contributed by atoms with E-state index in [4.69, 9.17) is 0 Å². The molecule has 118 valence electrons. The molecule has 2 aromatic heterocycles. The van der Waals surface area contributed by atoms with Gasteiger partial charge in [-0.2, -0.15) is 5.10 Å². The van der Waals surface area contributed by atoms with Gasteiger partial charge in [-0.15, -0.1) is 0 Å². The van der Waals surface area contributed by atoms with Crippen molar-refractivity contribution in [2.75, 3.05) is 13.1 Å². The van der Waals surface area contributed by atoms with Crippen LogP contribution in [-0.2, 0) is 7.05 Å². The smallest absolute Gasteiger partial charge is 0.256 e. The average Bonchev–Trinajstić information content (AvgIpc) is 2.98. The van der Waals surface area contributed by atoms with E-state index in [0.717, 1.165) is 40.9 Å². The Bertz CT molecular complexity index is 899. The van der Waals surface area contributed by atoms with Gasteiger partial charge in [0.2, 0.25) is 0 Å². The van der Waals surface area contributed by atoms with E-state index in [9.17, 15) is 4.79 Å². The monoisotopic (exact) mass is 308 g/mol. The number of amides is 1. The topological polar surface area (TPSA) is 43.1 Å². The average molecular weight is 308 g/mol. The second-order valence-electron chi connectivity index (χ2n) is 6.41. The highest BCUT2D eigenvalue weighted by Crippen LogP contribution is 2.27. The lowest BCUT2D eigenvalue weighted by Crippen LogP contribution is -2.51. The first-order chi connectivity index (χ1) is 11.0. The van der Waals surface area contributed by atoms with Gasteiger partial charge in [-0.25, -0.2) is 0 Å². The van der Waals surface area contributed by atoms with E-state index in [0.29, 0.717) is 6.04 Å². The minimum absolute atomic E-state index is 0.111. The Morgan fingerprint density at radius 2 is 1.96 bits per heavy atom. The van der Waals surface area contributed by atoms with Crippen LogP contribution in [0, 0.1) is 13.8 Å². The van der Waals surface area contributed by atoms with Gasteiger partial charge >= 0.3 is 0 Å². The summed E-state index contributed by atoms with van der Waals surface area (Å²) in [6.45, 7) is 5.52. The fourth-order valence-corrected chi connectivity index (χ4v) is 3.47. The zero-order valence-corrected chi connectivity index (χ0v) is 13.7. The van der Waals surface area contributed by atoms with Gasteiger partial charge in [0.25, 0.3) is 5.91 Å². The highest BCUT2D eigenvalue weighted by Gasteiger charge is 2.34. The van der Waals surface area contributed by atoms with E-state index in [-0.39, 0.29) is 5.91 Å². The van der Waals surface area contributed by atoms with Gasteiger partial charge in [-0.3, -0.25) is 9.48 Å². The van der Waals surface area contributed by atoms with Crippen LogP contribution in [-0.4, -0.2) is 38.2 Å². The van der Waals surface area contributed by atoms with Crippen molar-refractivity contribution < 1.29 is 4.79 Å². The number of para-hydroxylation sites is 1. The van der Waals surface area contributed by atoms with Crippen molar-refractivity contribution in [2.24, 2.45) is 7.05 Å². The molecule has 0 aliphatic carbocycles. The van der Waals surface area contributed by atoms with Crippen LogP contribution in [0.3, 0.4) is 0 Å². The first-order valence-corrected chi connectivity index (χ1v) is 7.90. The van der Waals surface area contributed by atoms with Crippen LogP contribution in [0.15, 0.2) is 36.5 Å². The fourth-order valence-electron chi connectivity index (χ4n) is 3.47. The molecule has 5 heteroatoms. The summed E-state index contributed by atoms with van der Waals surface area (Å²) in [4.78, 5) is 14.7. The molecular weight excluding hydrogens is 288 g/mol. The number of carbonyl (C=O) groups is 1. The lowest BCUT2D eigenvalue weighted by atomic mass is 10.1. The van der Waals surface area contributed by atoms with Gasteiger partial charge in [-0.05, 0) is 26.0 Å². The number of aryl methyl sites for hydroxylation is 3. The highest BCUT2D eigenvalue weighted by atomic mass is 16.2. The van der Waals surface area contributed by atoms with Crippen LogP contribution in [0.25, 0.3) is 10.9 Å². The molecule has 0 saturated carbocycles. The molecule has 1 aliphatic heterocycles. The van der Waals surface area contributed by atoms with Crippen LogP contribution in [0.5, 0.6) is 0 Å². The van der Waals surface area contributed by atoms with E-state index in [1.807, 2.05) is 58.6 Å². The maximum atomic E-state index is 12.8. The highest BCUT2D eigenvalue weighted by molar-refractivity contribution is 6.07. The molecule has 0 unspecified atom stereocenters. The summed E-state index contributed by atoms with van der Waals surface area (Å²) in [5.41, 5.74) is 4.06. The molecule has 4 rings (SSSR count). The zero-order chi connectivity index (χ0) is 16.1. The quantitative estimate of drug-likeness (QED) is 0.730. The number of nitrogens with zero attached hydrogens (tertiary/aromatic N) is 4. The van der Waals surface area contributed by atoms with Crippen LogP contribution >= 0.6 is 0 Å². The van der Waals surface area contributed by atoms with Gasteiger partial charge in [0.15, 0.2) is 0 Å². The van der Waals surface area contributed by atoms with Gasteiger partial charge in [0.05, 0.1) is 17.3 Å². The number of carbonyl (C=O) groups excluding carboxylic acids is 1. The number of rotatable bonds is 2. The number of hydrogen-bond donors (Lipinski definition) is 0. The van der Waals surface area contributed by atoms with Crippen molar-refractivity contribution in [3.8, 4) is 0 Å². The molecule has 5 nitrogen and oxygen atoms in total. The molecule has 23 heavy (non-hydrogen) atoms. The molecule has 1 aliphatic rings. The summed E-state index contributed by atoms with van der Waals surface area (Å²) >= 11 is 0. The van der Waals surface area contributed by atoms with Crippen LogP contribution in [0.4, 0.5) is 0 Å². The third kappa shape index (κ3) is 2.15. The van der Waals surface area contributed by atoms with E-state index in [1.54, 1.807) is 0 Å². The van der Waals surface area contributed by atoms with Gasteiger partial charge in [0.1, 0.15) is 0 Å². The van der Waals surface area contributed by atoms with Gasteiger partial charge < -0.3 is 9.47 Å². The first kappa shape index (κ1) is 14.1. The van der Waals surface area contributed by atoms with Crippen molar-refractivity contribution >= 4 is 16.8 Å². The Balaban J connectivity index is 1.56. The van der Waals surface area contributed by atoms with Crippen LogP contribution in [0.2, 0.25) is 0 Å². The van der Waals surface area contributed by atoms with E-state index < -0.39 is 0 Å². The molecule has 3 heterocycles. The van der Waals surface area contributed by atoms with Gasteiger partial charge in [-0.1, -0.05) is 18.2 Å². The lowest BCUT2D eigenvalue weighted by Gasteiger charge is -2.39. The minimum Gasteiger partial charge on any atom is -0.350 e. The molecule has 0 spiro atoms. The van der Waals surface area contributed by atoms with Crippen LogP contribution in [0.1, 0.15) is 27.8 Å². The maximum Gasteiger partial charge on any atom is 0.256 e. The Hall–Kier alpha value is -2.56. The van der Waals surface area contributed by atoms with Crippen molar-refractivity contribution in [3.63, 3.8) is 0 Å². The molecule has 0 atom stereocenters. The van der Waals surface area contributed by atoms with Crippen molar-refractivity contribution in [1.29, 1.82) is 0 Å². The van der Waals surface area contributed by atoms with E-state index in [1.165, 1.54) is 0 Å². The SMILES string of the molecule is Cc1cc(C)n(C2CN(C(=O)c3cn(C)c4ccccc34)C2)n1. The summed E-state index contributed by atoms with van der Waals surface area (Å²) in [5.74, 6) is 0.111. The molecule has 0 N–H and O–H groups in total. The molecular formula is C18H20N4O. The molecule has 1 amide bonds. The van der Waals surface area contributed by atoms with Crippen molar-refractivity contribution in [2.45, 2.75) is 19.9 Å². The van der Waals surface area contributed by atoms with E-state index in [2.05, 4.69) is 18.1 Å². The summed E-state index contributed by atoms with van der Waals surface area (Å²) in [5, 5.41) is 5.55. The van der Waals surface area contributed by atoms with Gasteiger partial charge in [0, 0.05) is 42.9 Å². The first-order valence-electron chi connectivity index (χ1n) is 7.90. The normalized spacial score (nSPS) is 15.2. The Morgan fingerprint density at radius 3 is 2.65 bits per heavy atom. The summed E-state index contributed by atoms with van der Waals surface area (Å²) in [6.07, 6.45) is 1.93. The Morgan fingerprint density at radius 1 is 1.22 bits per heavy atom. The Kier molecular flexibility index (Phi) is 3.04. The predicted octanol–water partition coefficient (Wildman–Crippen LogP) is 2.69. The molecule has 3 aromatic rings. The summed E-state index contributed by atoms with van der Waals surface area (Å²) in [6, 6.07) is 10.4. The Labute approximate surface area is 135 Å². The lowest BCUT2D eigenvalue weighted by molar-refractivity contribution is 0.0499. The number of hydrogen-bond acceptors (Lipinski definition) is 2. The second-order valence-corrected chi connectivity index (χ2v) is 6.41. The molecule has 0 radical (unpaired) electrons. The molecule has 0 bridgehead atoms. The largest absolute Gasteiger partial charge is 0.350 e. The third-order valence-electron chi connectivity index (χ3n) is 4.67. The number of benzene rings is 1. The van der Waals surface area contributed by atoms with Crippen molar-refractivity contribution in [1.82, 2.24) is 19.2 Å². The molecule has 1 fully saturated rings. The summed E-state index contributed by atoms with van der Waals surface area (Å²) in [7, 11) is 1.98. The number of likely N-dealkylation sites (tertiary alicyclic amines) is 1. The number of fused-ring (bicyclic) bond motifs is 1. The predicted molar refractivity (Wildman–Crippen MR) is 89.6 cm³/mol. The standard InChI is InChI=1S/C18H20N4O/c1-12-8-13(2)22(19-12)14-9-21(10-14)18(23)16-11-20(3)17-7-5-4-6-15(16)17/h4-8,11,14H,9-10H2,1-3H3. The van der Waals surface area contributed by atoms with E-state index >= 15 is 0 Å². The molecule has 1 saturated heterocycles. The van der Waals surface area contributed by atoms with Crippen LogP contribution < -0.4 is 0 Å². The minimum atomic E-state index is 0.111.